The van der Waals surface area contributed by atoms with Crippen LogP contribution in [0.1, 0.15) is 45.5 Å². The van der Waals surface area contributed by atoms with Gasteiger partial charge in [-0.15, -0.1) is 0 Å². The van der Waals surface area contributed by atoms with E-state index in [0.717, 1.165) is 0 Å². The molecule has 10 nitrogen and oxygen atoms in total. The van der Waals surface area contributed by atoms with E-state index in [2.05, 4.69) is 15.5 Å². The summed E-state index contributed by atoms with van der Waals surface area (Å²) in [7, 11) is 0. The summed E-state index contributed by atoms with van der Waals surface area (Å²) in [6, 6.07) is 5.53. The SMILES string of the molecule is CCCC(=O)OC[C@H](O)CN[C@H](c1nc(-c2ccc([N+](=O)[O-])cc2)no1)C(C)C. The first kappa shape index (κ1) is 22.4. The fraction of sp³-hybridized carbons (Fsp3) is 0.526. The molecule has 2 atom stereocenters. The predicted molar refractivity (Wildman–Crippen MR) is 104 cm³/mol. The van der Waals surface area contributed by atoms with Gasteiger partial charge in [0, 0.05) is 30.7 Å². The van der Waals surface area contributed by atoms with Crippen molar-refractivity contribution in [1.82, 2.24) is 15.5 Å². The summed E-state index contributed by atoms with van der Waals surface area (Å²) in [5.41, 5.74) is 0.573. The van der Waals surface area contributed by atoms with Crippen molar-refractivity contribution >= 4 is 11.7 Å². The number of hydrogen-bond donors (Lipinski definition) is 2. The van der Waals surface area contributed by atoms with Gasteiger partial charge in [-0.05, 0) is 24.5 Å². The van der Waals surface area contributed by atoms with E-state index in [1.807, 2.05) is 20.8 Å². The van der Waals surface area contributed by atoms with Crippen molar-refractivity contribution in [3.8, 4) is 11.4 Å². The molecule has 0 fully saturated rings. The third-order valence-corrected chi connectivity index (χ3v) is 4.17. The standard InChI is InChI=1S/C19H26N4O6/c1-4-5-16(25)28-11-15(24)10-20-17(12(2)3)19-21-18(22-29-19)13-6-8-14(9-7-13)23(26)27/h6-9,12,15,17,20,24H,4-5,10-11H2,1-3H3/t15-,17+/m1/s1. The quantitative estimate of drug-likeness (QED) is 0.327. The molecule has 29 heavy (non-hydrogen) atoms. The fourth-order valence-electron chi connectivity index (χ4n) is 2.61. The molecule has 1 aromatic heterocycles. The third kappa shape index (κ3) is 6.61. The minimum Gasteiger partial charge on any atom is -0.463 e. The molecule has 1 aromatic carbocycles. The van der Waals surface area contributed by atoms with Crippen LogP contribution in [0.3, 0.4) is 0 Å². The zero-order chi connectivity index (χ0) is 21.4. The molecule has 0 spiro atoms. The number of carbonyl (C=O) groups excluding carboxylic acids is 1. The van der Waals surface area contributed by atoms with E-state index in [9.17, 15) is 20.0 Å². The number of aromatic nitrogens is 2. The van der Waals surface area contributed by atoms with Gasteiger partial charge in [0.05, 0.1) is 11.0 Å². The van der Waals surface area contributed by atoms with Crippen molar-refractivity contribution in [1.29, 1.82) is 0 Å². The number of hydrogen-bond acceptors (Lipinski definition) is 9. The third-order valence-electron chi connectivity index (χ3n) is 4.17. The molecule has 2 aromatic rings. The summed E-state index contributed by atoms with van der Waals surface area (Å²) in [5, 5.41) is 27.9. The summed E-state index contributed by atoms with van der Waals surface area (Å²) in [5.74, 6) is 0.395. The molecular formula is C19H26N4O6. The highest BCUT2D eigenvalue weighted by Gasteiger charge is 2.24. The number of ether oxygens (including phenoxy) is 1. The van der Waals surface area contributed by atoms with E-state index in [4.69, 9.17) is 9.26 Å². The number of rotatable bonds is 11. The van der Waals surface area contributed by atoms with E-state index < -0.39 is 11.0 Å². The summed E-state index contributed by atoms with van der Waals surface area (Å²) >= 11 is 0. The Kier molecular flexibility index (Phi) is 8.22. The normalized spacial score (nSPS) is 13.3. The molecule has 1 heterocycles. The summed E-state index contributed by atoms with van der Waals surface area (Å²) in [4.78, 5) is 26.0. The van der Waals surface area contributed by atoms with E-state index in [-0.39, 0.29) is 36.8 Å². The number of nitrogens with one attached hydrogen (secondary N) is 1. The van der Waals surface area contributed by atoms with Gasteiger partial charge in [-0.2, -0.15) is 4.98 Å². The largest absolute Gasteiger partial charge is 0.463 e. The Morgan fingerprint density at radius 1 is 1.34 bits per heavy atom. The molecule has 0 saturated carbocycles. The Morgan fingerprint density at radius 3 is 2.62 bits per heavy atom. The van der Waals surface area contributed by atoms with Crippen LogP contribution < -0.4 is 5.32 Å². The Labute approximate surface area is 168 Å². The predicted octanol–water partition coefficient (Wildman–Crippen LogP) is 2.64. The Balaban J connectivity index is 1.99. The summed E-state index contributed by atoms with van der Waals surface area (Å²) < 4.78 is 10.4. The fourth-order valence-corrected chi connectivity index (χ4v) is 2.61. The van der Waals surface area contributed by atoms with Crippen LogP contribution in [0.15, 0.2) is 28.8 Å². The van der Waals surface area contributed by atoms with Crippen LogP contribution in [-0.2, 0) is 9.53 Å². The average Bonchev–Trinajstić information content (AvgIpc) is 3.16. The second kappa shape index (κ2) is 10.6. The van der Waals surface area contributed by atoms with Crippen molar-refractivity contribution in [2.24, 2.45) is 5.92 Å². The van der Waals surface area contributed by atoms with Crippen LogP contribution in [0.5, 0.6) is 0 Å². The molecule has 10 heteroatoms. The lowest BCUT2D eigenvalue weighted by atomic mass is 10.0. The van der Waals surface area contributed by atoms with Crippen molar-refractivity contribution in [3.63, 3.8) is 0 Å². The molecule has 0 unspecified atom stereocenters. The van der Waals surface area contributed by atoms with E-state index >= 15 is 0 Å². The van der Waals surface area contributed by atoms with Crippen LogP contribution >= 0.6 is 0 Å². The van der Waals surface area contributed by atoms with Gasteiger partial charge in [0.1, 0.15) is 12.7 Å². The molecule has 0 amide bonds. The second-order valence-corrected chi connectivity index (χ2v) is 6.98. The zero-order valence-corrected chi connectivity index (χ0v) is 16.7. The number of aliphatic hydroxyl groups excluding tert-OH is 1. The van der Waals surface area contributed by atoms with Gasteiger partial charge in [-0.3, -0.25) is 14.9 Å². The lowest BCUT2D eigenvalue weighted by molar-refractivity contribution is -0.384. The van der Waals surface area contributed by atoms with Crippen molar-refractivity contribution < 1.29 is 24.1 Å². The number of nitro groups is 1. The first-order valence-corrected chi connectivity index (χ1v) is 9.47. The Morgan fingerprint density at radius 2 is 2.03 bits per heavy atom. The summed E-state index contributed by atoms with van der Waals surface area (Å²) in [6.07, 6.45) is 0.146. The summed E-state index contributed by atoms with van der Waals surface area (Å²) in [6.45, 7) is 5.88. The molecule has 0 aliphatic heterocycles. The zero-order valence-electron chi connectivity index (χ0n) is 16.7. The van der Waals surface area contributed by atoms with Gasteiger partial charge in [-0.25, -0.2) is 0 Å². The van der Waals surface area contributed by atoms with E-state index in [0.29, 0.717) is 30.1 Å². The molecule has 2 rings (SSSR count). The van der Waals surface area contributed by atoms with Gasteiger partial charge in [0.2, 0.25) is 11.7 Å². The molecule has 0 aliphatic carbocycles. The molecule has 158 valence electrons. The highest BCUT2D eigenvalue weighted by atomic mass is 16.6. The topological polar surface area (TPSA) is 141 Å². The first-order chi connectivity index (χ1) is 13.8. The van der Waals surface area contributed by atoms with Crippen molar-refractivity contribution in [2.75, 3.05) is 13.2 Å². The Hall–Kier alpha value is -2.85. The minimum absolute atomic E-state index is 0.0205. The maximum atomic E-state index is 11.4. The molecule has 0 aliphatic rings. The molecule has 0 bridgehead atoms. The maximum absolute atomic E-state index is 11.4. The number of esters is 1. The van der Waals surface area contributed by atoms with Gasteiger partial charge in [0.15, 0.2) is 0 Å². The van der Waals surface area contributed by atoms with Crippen LogP contribution in [0.4, 0.5) is 5.69 Å². The number of aliphatic hydroxyl groups is 1. The maximum Gasteiger partial charge on any atom is 0.305 e. The van der Waals surface area contributed by atoms with E-state index in [1.165, 1.54) is 12.1 Å². The van der Waals surface area contributed by atoms with Crippen LogP contribution in [-0.4, -0.2) is 45.4 Å². The van der Waals surface area contributed by atoms with Gasteiger partial charge >= 0.3 is 5.97 Å². The van der Waals surface area contributed by atoms with Gasteiger partial charge in [-0.1, -0.05) is 25.9 Å². The number of carbonyl (C=O) groups is 1. The van der Waals surface area contributed by atoms with Crippen molar-refractivity contribution in [2.45, 2.75) is 45.8 Å². The molecular weight excluding hydrogens is 380 g/mol. The number of nitrogens with zero attached hydrogens (tertiary/aromatic N) is 3. The average molecular weight is 406 g/mol. The number of benzene rings is 1. The van der Waals surface area contributed by atoms with Crippen LogP contribution in [0.2, 0.25) is 0 Å². The highest BCUT2D eigenvalue weighted by Crippen LogP contribution is 2.24. The van der Waals surface area contributed by atoms with E-state index in [1.54, 1.807) is 12.1 Å². The van der Waals surface area contributed by atoms with Gasteiger partial charge in [0.25, 0.3) is 5.69 Å². The van der Waals surface area contributed by atoms with Crippen molar-refractivity contribution in [3.05, 3.63) is 40.3 Å². The van der Waals surface area contributed by atoms with Crippen LogP contribution in [0, 0.1) is 16.0 Å². The lowest BCUT2D eigenvalue weighted by Gasteiger charge is -2.20. The highest BCUT2D eigenvalue weighted by molar-refractivity contribution is 5.69. The molecule has 0 radical (unpaired) electrons. The number of nitro benzene ring substituents is 1. The van der Waals surface area contributed by atoms with Gasteiger partial charge < -0.3 is 19.7 Å². The lowest BCUT2D eigenvalue weighted by Crippen LogP contribution is -2.35. The molecule has 0 saturated heterocycles. The second-order valence-electron chi connectivity index (χ2n) is 6.98. The monoisotopic (exact) mass is 406 g/mol. The van der Waals surface area contributed by atoms with Crippen LogP contribution in [0.25, 0.3) is 11.4 Å². The Bertz CT molecular complexity index is 805. The number of non-ortho nitro benzene ring substituents is 1. The smallest absolute Gasteiger partial charge is 0.305 e. The minimum atomic E-state index is -0.867. The molecule has 2 N–H and O–H groups in total. The first-order valence-electron chi connectivity index (χ1n) is 9.47.